The van der Waals surface area contributed by atoms with Crippen LogP contribution in [0.1, 0.15) is 37.9 Å². The van der Waals surface area contributed by atoms with Gasteiger partial charge in [0.05, 0.1) is 5.69 Å². The molecule has 94 valence electrons. The van der Waals surface area contributed by atoms with E-state index in [4.69, 9.17) is 0 Å². The Labute approximate surface area is 112 Å². The van der Waals surface area contributed by atoms with E-state index in [0.717, 1.165) is 16.3 Å². The Morgan fingerprint density at radius 2 is 1.94 bits per heavy atom. The second-order valence-electron chi connectivity index (χ2n) is 4.80. The number of nitrogens with zero attached hydrogens (tertiary/aromatic N) is 1. The largest absolute Gasteiger partial charge is 0.300 e. The summed E-state index contributed by atoms with van der Waals surface area (Å²) in [6, 6.07) is 8.50. The number of ketones is 1. The number of thiazole rings is 1. The van der Waals surface area contributed by atoms with Gasteiger partial charge in [0.25, 0.3) is 0 Å². The molecule has 0 fully saturated rings. The summed E-state index contributed by atoms with van der Waals surface area (Å²) in [6.45, 7) is 5.96. The van der Waals surface area contributed by atoms with Crippen molar-refractivity contribution in [3.63, 3.8) is 0 Å². The minimum Gasteiger partial charge on any atom is -0.300 e. The van der Waals surface area contributed by atoms with E-state index in [9.17, 15) is 4.79 Å². The first-order valence-corrected chi connectivity index (χ1v) is 6.98. The van der Waals surface area contributed by atoms with Crippen molar-refractivity contribution >= 4 is 17.1 Å². The van der Waals surface area contributed by atoms with Gasteiger partial charge in [0, 0.05) is 17.4 Å². The van der Waals surface area contributed by atoms with Gasteiger partial charge >= 0.3 is 0 Å². The van der Waals surface area contributed by atoms with Crippen LogP contribution in [-0.4, -0.2) is 10.8 Å². The Bertz CT molecular complexity index is 540. The van der Waals surface area contributed by atoms with E-state index in [1.165, 1.54) is 5.56 Å². The molecule has 2 nitrogen and oxygen atoms in total. The number of rotatable bonds is 4. The van der Waals surface area contributed by atoms with Crippen LogP contribution in [0.5, 0.6) is 0 Å². The molecule has 0 saturated carbocycles. The minimum absolute atomic E-state index is 0.155. The minimum atomic E-state index is 0.155. The fourth-order valence-corrected chi connectivity index (χ4v) is 2.61. The lowest BCUT2D eigenvalue weighted by molar-refractivity contribution is -0.116. The maximum atomic E-state index is 11.0. The molecular weight excluding hydrogens is 242 g/mol. The molecule has 0 aliphatic heterocycles. The van der Waals surface area contributed by atoms with Crippen molar-refractivity contribution in [2.75, 3.05) is 0 Å². The molecule has 0 aliphatic rings. The highest BCUT2D eigenvalue weighted by Gasteiger charge is 2.07. The number of hydrogen-bond donors (Lipinski definition) is 0. The third-order valence-electron chi connectivity index (χ3n) is 2.81. The topological polar surface area (TPSA) is 30.0 Å². The highest BCUT2D eigenvalue weighted by Crippen LogP contribution is 2.25. The molecule has 0 radical (unpaired) electrons. The van der Waals surface area contributed by atoms with Crippen LogP contribution in [0, 0.1) is 0 Å². The summed E-state index contributed by atoms with van der Waals surface area (Å²) < 4.78 is 0. The van der Waals surface area contributed by atoms with E-state index in [2.05, 4.69) is 43.1 Å². The summed E-state index contributed by atoms with van der Waals surface area (Å²) in [6.07, 6.45) is 0.431. The molecule has 3 heteroatoms. The van der Waals surface area contributed by atoms with Crippen LogP contribution in [0.3, 0.4) is 0 Å². The van der Waals surface area contributed by atoms with E-state index < -0.39 is 0 Å². The normalized spacial score (nSPS) is 10.9. The lowest BCUT2D eigenvalue weighted by Crippen LogP contribution is -1.96. The highest BCUT2D eigenvalue weighted by atomic mass is 32.1. The smallest absolute Gasteiger partial charge is 0.135 e. The molecule has 0 unspecified atom stereocenters. The molecular formula is C15H17NOS. The van der Waals surface area contributed by atoms with Crippen LogP contribution in [0.2, 0.25) is 0 Å². The van der Waals surface area contributed by atoms with Crippen LogP contribution in [0.4, 0.5) is 0 Å². The first kappa shape index (κ1) is 13.0. The molecule has 0 N–H and O–H groups in total. The molecule has 1 aromatic heterocycles. The Balaban J connectivity index is 2.20. The fraction of sp³-hybridized carbons (Fsp3) is 0.333. The number of benzene rings is 1. The Kier molecular flexibility index (Phi) is 3.92. The van der Waals surface area contributed by atoms with Crippen molar-refractivity contribution in [2.45, 2.75) is 33.1 Å². The van der Waals surface area contributed by atoms with E-state index in [-0.39, 0.29) is 5.78 Å². The average molecular weight is 259 g/mol. The van der Waals surface area contributed by atoms with Crippen LogP contribution in [0.25, 0.3) is 10.6 Å². The van der Waals surface area contributed by atoms with Gasteiger partial charge < -0.3 is 0 Å². The second-order valence-corrected chi connectivity index (χ2v) is 5.66. The molecule has 2 aromatic rings. The van der Waals surface area contributed by atoms with Crippen LogP contribution in [-0.2, 0) is 11.2 Å². The summed E-state index contributed by atoms with van der Waals surface area (Å²) in [4.78, 5) is 15.5. The maximum absolute atomic E-state index is 11.0. The zero-order valence-corrected chi connectivity index (χ0v) is 11.8. The molecule has 0 spiro atoms. The molecule has 0 amide bonds. The highest BCUT2D eigenvalue weighted by molar-refractivity contribution is 7.13. The predicted molar refractivity (Wildman–Crippen MR) is 76.0 cm³/mol. The zero-order chi connectivity index (χ0) is 13.1. The van der Waals surface area contributed by atoms with Gasteiger partial charge in [0.1, 0.15) is 10.8 Å². The van der Waals surface area contributed by atoms with Crippen molar-refractivity contribution in [2.24, 2.45) is 0 Å². The number of carbonyl (C=O) groups is 1. The molecule has 0 aliphatic carbocycles. The van der Waals surface area contributed by atoms with Crippen molar-refractivity contribution in [3.8, 4) is 10.6 Å². The van der Waals surface area contributed by atoms with E-state index in [1.807, 2.05) is 5.38 Å². The van der Waals surface area contributed by atoms with Crippen molar-refractivity contribution in [1.82, 2.24) is 4.98 Å². The van der Waals surface area contributed by atoms with Crippen molar-refractivity contribution in [3.05, 3.63) is 40.9 Å². The number of hydrogen-bond acceptors (Lipinski definition) is 3. The van der Waals surface area contributed by atoms with E-state index >= 15 is 0 Å². The van der Waals surface area contributed by atoms with Gasteiger partial charge in [-0.3, -0.25) is 4.79 Å². The maximum Gasteiger partial charge on any atom is 0.135 e. The molecule has 1 aromatic carbocycles. The van der Waals surface area contributed by atoms with Gasteiger partial charge in [-0.15, -0.1) is 11.3 Å². The summed E-state index contributed by atoms with van der Waals surface area (Å²) in [5, 5.41) is 2.95. The fourth-order valence-electron chi connectivity index (χ4n) is 1.79. The van der Waals surface area contributed by atoms with Gasteiger partial charge in [0.2, 0.25) is 0 Å². The quantitative estimate of drug-likeness (QED) is 0.828. The Hall–Kier alpha value is -1.48. The number of aromatic nitrogens is 1. The first-order chi connectivity index (χ1) is 8.56. The molecule has 0 atom stereocenters. The number of carbonyl (C=O) groups excluding carboxylic acids is 1. The third kappa shape index (κ3) is 3.05. The SMILES string of the molecule is CC(=O)Cc1csc(-c2ccc(C(C)C)cc2)n1. The van der Waals surface area contributed by atoms with Crippen molar-refractivity contribution in [1.29, 1.82) is 0 Å². The summed E-state index contributed by atoms with van der Waals surface area (Å²) in [5.41, 5.74) is 3.33. The van der Waals surface area contributed by atoms with E-state index in [1.54, 1.807) is 18.3 Å². The lowest BCUT2D eigenvalue weighted by Gasteiger charge is -2.05. The summed E-state index contributed by atoms with van der Waals surface area (Å²) in [7, 11) is 0. The molecule has 1 heterocycles. The molecule has 0 bridgehead atoms. The Morgan fingerprint density at radius 3 is 2.50 bits per heavy atom. The monoisotopic (exact) mass is 259 g/mol. The van der Waals surface area contributed by atoms with Gasteiger partial charge in [0.15, 0.2) is 0 Å². The standard InChI is InChI=1S/C15H17NOS/c1-10(2)12-4-6-13(7-5-12)15-16-14(9-18-15)8-11(3)17/h4-7,9-10H,8H2,1-3H3. The van der Waals surface area contributed by atoms with Crippen LogP contribution < -0.4 is 0 Å². The summed E-state index contributed by atoms with van der Waals surface area (Å²) in [5.74, 6) is 0.700. The molecule has 18 heavy (non-hydrogen) atoms. The lowest BCUT2D eigenvalue weighted by atomic mass is 10.0. The first-order valence-electron chi connectivity index (χ1n) is 6.10. The summed E-state index contributed by atoms with van der Waals surface area (Å²) >= 11 is 1.60. The van der Waals surface area contributed by atoms with E-state index in [0.29, 0.717) is 12.3 Å². The third-order valence-corrected chi connectivity index (χ3v) is 3.75. The van der Waals surface area contributed by atoms with Crippen molar-refractivity contribution < 1.29 is 4.79 Å². The Morgan fingerprint density at radius 1 is 1.28 bits per heavy atom. The van der Waals surface area contributed by atoms with Gasteiger partial charge in [-0.1, -0.05) is 38.1 Å². The predicted octanol–water partition coefficient (Wildman–Crippen LogP) is 4.07. The van der Waals surface area contributed by atoms with Gasteiger partial charge in [-0.2, -0.15) is 0 Å². The zero-order valence-electron chi connectivity index (χ0n) is 10.9. The number of Topliss-reactive ketones (excluding diaryl/α,β-unsaturated/α-hetero) is 1. The van der Waals surface area contributed by atoms with Crippen LogP contribution in [0.15, 0.2) is 29.6 Å². The molecule has 0 saturated heterocycles. The van der Waals surface area contributed by atoms with Gasteiger partial charge in [-0.25, -0.2) is 4.98 Å². The van der Waals surface area contributed by atoms with Gasteiger partial charge in [-0.05, 0) is 18.4 Å². The average Bonchev–Trinajstić information content (AvgIpc) is 2.76. The molecule has 2 rings (SSSR count). The van der Waals surface area contributed by atoms with Crippen LogP contribution >= 0.6 is 11.3 Å². The second kappa shape index (κ2) is 5.44.